The van der Waals surface area contributed by atoms with Crippen LogP contribution in [0.5, 0.6) is 0 Å². The minimum atomic E-state index is -0.224. The van der Waals surface area contributed by atoms with Gasteiger partial charge in [0.15, 0.2) is 0 Å². The molecule has 1 fully saturated rings. The van der Waals surface area contributed by atoms with Gasteiger partial charge in [-0.3, -0.25) is 9.59 Å². The van der Waals surface area contributed by atoms with Crippen LogP contribution in [-0.4, -0.2) is 16.5 Å². The minimum absolute atomic E-state index is 0.161. The van der Waals surface area contributed by atoms with Crippen LogP contribution < -0.4 is 10.7 Å². The summed E-state index contributed by atoms with van der Waals surface area (Å²) in [6.45, 7) is 2.13. The van der Waals surface area contributed by atoms with Gasteiger partial charge in [-0.15, -0.1) is 0 Å². The lowest BCUT2D eigenvalue weighted by Gasteiger charge is -2.23. The Hall–Kier alpha value is -1.62. The van der Waals surface area contributed by atoms with Gasteiger partial charge in [-0.25, -0.2) is 0 Å². The van der Waals surface area contributed by atoms with Crippen LogP contribution in [-0.2, 0) is 6.42 Å². The molecule has 1 aromatic carbocycles. The fourth-order valence-electron chi connectivity index (χ4n) is 4.13. The van der Waals surface area contributed by atoms with Gasteiger partial charge in [-0.2, -0.15) is 0 Å². The third-order valence-corrected chi connectivity index (χ3v) is 5.80. The monoisotopic (exact) mass is 388 g/mol. The maximum absolute atomic E-state index is 12.9. The molecule has 1 amide bonds. The number of carbonyl (C=O) groups is 1. The van der Waals surface area contributed by atoms with E-state index in [9.17, 15) is 9.59 Å². The fraction of sp³-hybridized carbons (Fsp3) is 0.474. The average molecular weight is 389 g/mol. The summed E-state index contributed by atoms with van der Waals surface area (Å²) in [6.07, 6.45) is 8.23. The minimum Gasteiger partial charge on any atom is -0.349 e. The van der Waals surface area contributed by atoms with E-state index in [4.69, 9.17) is 0 Å². The van der Waals surface area contributed by atoms with Crippen molar-refractivity contribution >= 4 is 32.7 Å². The predicted octanol–water partition coefficient (Wildman–Crippen LogP) is 3.94. The molecular weight excluding hydrogens is 368 g/mol. The first-order valence-corrected chi connectivity index (χ1v) is 9.52. The number of pyridine rings is 1. The highest BCUT2D eigenvalue weighted by molar-refractivity contribution is 9.10. The molecule has 126 valence electrons. The van der Waals surface area contributed by atoms with E-state index in [2.05, 4.69) is 38.8 Å². The summed E-state index contributed by atoms with van der Waals surface area (Å²) in [6, 6.07) is 4.38. The second-order valence-corrected chi connectivity index (χ2v) is 8.02. The highest BCUT2D eigenvalue weighted by Gasteiger charge is 2.26. The SMILES string of the molecule is CC1Cc2cc(Br)cc3c(=O)c(C(=O)NC4CCCCC4)cn1c23. The molecule has 1 aliphatic heterocycles. The van der Waals surface area contributed by atoms with E-state index in [1.54, 1.807) is 6.20 Å². The molecule has 0 radical (unpaired) electrons. The van der Waals surface area contributed by atoms with E-state index in [1.165, 1.54) is 12.0 Å². The highest BCUT2D eigenvalue weighted by Crippen LogP contribution is 2.33. The fourth-order valence-corrected chi connectivity index (χ4v) is 4.64. The summed E-state index contributed by atoms with van der Waals surface area (Å²) in [4.78, 5) is 25.6. The van der Waals surface area contributed by atoms with Gasteiger partial charge in [0.2, 0.25) is 5.43 Å². The van der Waals surface area contributed by atoms with Gasteiger partial charge < -0.3 is 9.88 Å². The number of hydrogen-bond donors (Lipinski definition) is 1. The summed E-state index contributed by atoms with van der Waals surface area (Å²) in [5.74, 6) is -0.224. The van der Waals surface area contributed by atoms with Crippen molar-refractivity contribution < 1.29 is 4.79 Å². The number of aromatic nitrogens is 1. The summed E-state index contributed by atoms with van der Waals surface area (Å²) >= 11 is 3.49. The van der Waals surface area contributed by atoms with Crippen LogP contribution >= 0.6 is 15.9 Å². The lowest BCUT2D eigenvalue weighted by Crippen LogP contribution is -2.38. The topological polar surface area (TPSA) is 51.1 Å². The Labute approximate surface area is 149 Å². The van der Waals surface area contributed by atoms with Gasteiger partial charge in [0.25, 0.3) is 5.91 Å². The van der Waals surface area contributed by atoms with E-state index < -0.39 is 0 Å². The molecule has 0 spiro atoms. The molecule has 1 unspecified atom stereocenters. The van der Waals surface area contributed by atoms with E-state index in [-0.39, 0.29) is 29.0 Å². The van der Waals surface area contributed by atoms with Gasteiger partial charge >= 0.3 is 0 Å². The van der Waals surface area contributed by atoms with Crippen LogP contribution in [0.1, 0.15) is 61.0 Å². The molecule has 4 nitrogen and oxygen atoms in total. The van der Waals surface area contributed by atoms with Crippen LogP contribution in [0.4, 0.5) is 0 Å². The molecule has 1 N–H and O–H groups in total. The highest BCUT2D eigenvalue weighted by atomic mass is 79.9. The molecule has 4 rings (SSSR count). The van der Waals surface area contributed by atoms with E-state index in [1.807, 2.05) is 6.07 Å². The Morgan fingerprint density at radius 1 is 1.25 bits per heavy atom. The van der Waals surface area contributed by atoms with E-state index in [0.29, 0.717) is 5.39 Å². The number of benzene rings is 1. The summed E-state index contributed by atoms with van der Waals surface area (Å²) in [5.41, 5.74) is 2.25. The maximum atomic E-state index is 12.9. The Bertz CT molecular complexity index is 881. The quantitative estimate of drug-likeness (QED) is 0.846. The maximum Gasteiger partial charge on any atom is 0.256 e. The number of nitrogens with zero attached hydrogens (tertiary/aromatic N) is 1. The zero-order valence-corrected chi connectivity index (χ0v) is 15.4. The van der Waals surface area contributed by atoms with Crippen LogP contribution in [0, 0.1) is 0 Å². The first-order chi connectivity index (χ1) is 11.5. The molecule has 1 atom stereocenters. The van der Waals surface area contributed by atoms with E-state index in [0.717, 1.165) is 42.1 Å². The zero-order chi connectivity index (χ0) is 16.8. The molecule has 2 aromatic rings. The van der Waals surface area contributed by atoms with Crippen LogP contribution in [0.2, 0.25) is 0 Å². The van der Waals surface area contributed by atoms with Crippen molar-refractivity contribution in [2.75, 3.05) is 0 Å². The van der Waals surface area contributed by atoms with Gasteiger partial charge in [0, 0.05) is 28.1 Å². The van der Waals surface area contributed by atoms with Crippen molar-refractivity contribution in [3.05, 3.63) is 44.2 Å². The van der Waals surface area contributed by atoms with Gasteiger partial charge in [-0.05, 0) is 43.9 Å². The third kappa shape index (κ3) is 2.59. The number of halogens is 1. The van der Waals surface area contributed by atoms with Crippen molar-refractivity contribution in [2.45, 2.75) is 57.5 Å². The predicted molar refractivity (Wildman–Crippen MR) is 98.7 cm³/mol. The smallest absolute Gasteiger partial charge is 0.256 e. The Morgan fingerprint density at radius 2 is 2.00 bits per heavy atom. The Morgan fingerprint density at radius 3 is 2.75 bits per heavy atom. The second kappa shape index (κ2) is 6.03. The molecule has 0 saturated heterocycles. The van der Waals surface area contributed by atoms with Crippen molar-refractivity contribution in [1.82, 2.24) is 9.88 Å². The molecule has 2 aliphatic rings. The molecule has 1 saturated carbocycles. The third-order valence-electron chi connectivity index (χ3n) is 5.34. The van der Waals surface area contributed by atoms with Gasteiger partial charge in [0.05, 0.1) is 5.52 Å². The molecule has 24 heavy (non-hydrogen) atoms. The Kier molecular flexibility index (Phi) is 3.99. The summed E-state index contributed by atoms with van der Waals surface area (Å²) < 4.78 is 2.99. The molecule has 1 aromatic heterocycles. The zero-order valence-electron chi connectivity index (χ0n) is 13.8. The molecular formula is C19H21BrN2O2. The summed E-state index contributed by atoms with van der Waals surface area (Å²) in [5, 5.41) is 3.71. The lowest BCUT2D eigenvalue weighted by molar-refractivity contribution is 0.0926. The molecule has 0 bridgehead atoms. The molecule has 2 heterocycles. The average Bonchev–Trinajstić information content (AvgIpc) is 2.87. The normalized spacial score (nSPS) is 20.5. The largest absolute Gasteiger partial charge is 0.349 e. The first-order valence-electron chi connectivity index (χ1n) is 8.72. The summed E-state index contributed by atoms with van der Waals surface area (Å²) in [7, 11) is 0. The van der Waals surface area contributed by atoms with Gasteiger partial charge in [0.1, 0.15) is 5.56 Å². The number of carbonyl (C=O) groups excluding carboxylic acids is 1. The van der Waals surface area contributed by atoms with Crippen molar-refractivity contribution in [3.63, 3.8) is 0 Å². The van der Waals surface area contributed by atoms with Crippen molar-refractivity contribution in [1.29, 1.82) is 0 Å². The standard InChI is InChI=1S/C19H21BrN2O2/c1-11-7-12-8-13(20)9-15-17(12)22(11)10-16(18(15)23)19(24)21-14-5-3-2-4-6-14/h8-11,14H,2-7H2,1H3,(H,21,24). The number of amides is 1. The van der Waals surface area contributed by atoms with Crippen LogP contribution in [0.15, 0.2) is 27.6 Å². The molecule has 1 aliphatic carbocycles. The number of hydrogen-bond acceptors (Lipinski definition) is 2. The van der Waals surface area contributed by atoms with Crippen LogP contribution in [0.3, 0.4) is 0 Å². The number of rotatable bonds is 2. The molecule has 5 heteroatoms. The second-order valence-electron chi connectivity index (χ2n) is 7.10. The van der Waals surface area contributed by atoms with Crippen LogP contribution in [0.25, 0.3) is 10.9 Å². The Balaban J connectivity index is 1.78. The first kappa shape index (κ1) is 15.9. The van der Waals surface area contributed by atoms with Crippen molar-refractivity contribution in [2.24, 2.45) is 0 Å². The van der Waals surface area contributed by atoms with Crippen molar-refractivity contribution in [3.8, 4) is 0 Å². The lowest BCUT2D eigenvalue weighted by atomic mass is 9.95. The van der Waals surface area contributed by atoms with E-state index >= 15 is 0 Å². The van der Waals surface area contributed by atoms with Gasteiger partial charge in [-0.1, -0.05) is 35.2 Å². The number of nitrogens with one attached hydrogen (secondary N) is 1.